The number of amides is 2. The number of benzene rings is 1. The maximum Gasteiger partial charge on any atom is 0.317 e. The van der Waals surface area contributed by atoms with E-state index in [1.807, 2.05) is 31.2 Å². The van der Waals surface area contributed by atoms with Crippen molar-refractivity contribution in [3.63, 3.8) is 0 Å². The summed E-state index contributed by atoms with van der Waals surface area (Å²) in [5, 5.41) is 12.1. The van der Waals surface area contributed by atoms with Crippen LogP contribution in [-0.4, -0.2) is 42.8 Å². The Morgan fingerprint density at radius 3 is 2.45 bits per heavy atom. The Balaban J connectivity index is 2.73. The van der Waals surface area contributed by atoms with Gasteiger partial charge in [-0.15, -0.1) is 0 Å². The minimum absolute atomic E-state index is 0.0523. The van der Waals surface area contributed by atoms with Crippen LogP contribution in [0.2, 0.25) is 0 Å². The van der Waals surface area contributed by atoms with Gasteiger partial charge < -0.3 is 20.1 Å². The Labute approximate surface area is 120 Å². The lowest BCUT2D eigenvalue weighted by atomic mass is 10.0. The van der Waals surface area contributed by atoms with Crippen molar-refractivity contribution in [2.75, 3.05) is 20.8 Å². The molecule has 1 rings (SSSR count). The van der Waals surface area contributed by atoms with Crippen LogP contribution in [0.5, 0.6) is 5.75 Å². The molecule has 112 valence electrons. The van der Waals surface area contributed by atoms with E-state index in [4.69, 9.17) is 9.84 Å². The molecular weight excluding hydrogens is 256 g/mol. The molecule has 0 aliphatic heterocycles. The van der Waals surface area contributed by atoms with Crippen LogP contribution in [0.4, 0.5) is 4.79 Å². The Bertz CT molecular complexity index is 420. The number of carbonyl (C=O) groups excluding carboxylic acids is 1. The van der Waals surface area contributed by atoms with Crippen molar-refractivity contribution in [3.05, 3.63) is 29.8 Å². The molecule has 1 aromatic rings. The van der Waals surface area contributed by atoms with Gasteiger partial charge in [0.15, 0.2) is 0 Å². The molecule has 5 heteroatoms. The Hall–Kier alpha value is -1.75. The summed E-state index contributed by atoms with van der Waals surface area (Å²) in [4.78, 5) is 13.6. The number of carbonyl (C=O) groups is 1. The molecule has 0 bridgehead atoms. The monoisotopic (exact) mass is 280 g/mol. The molecule has 0 aliphatic carbocycles. The second-order valence-corrected chi connectivity index (χ2v) is 4.83. The van der Waals surface area contributed by atoms with Crippen LogP contribution in [0.25, 0.3) is 0 Å². The first kappa shape index (κ1) is 16.3. The van der Waals surface area contributed by atoms with Gasteiger partial charge in [0.25, 0.3) is 0 Å². The van der Waals surface area contributed by atoms with Crippen molar-refractivity contribution in [2.24, 2.45) is 0 Å². The highest BCUT2D eigenvalue weighted by atomic mass is 16.5. The summed E-state index contributed by atoms with van der Waals surface area (Å²) in [5.41, 5.74) is 1.03. The number of urea groups is 1. The van der Waals surface area contributed by atoms with Gasteiger partial charge in [0, 0.05) is 7.05 Å². The van der Waals surface area contributed by atoms with Crippen molar-refractivity contribution in [3.8, 4) is 5.75 Å². The summed E-state index contributed by atoms with van der Waals surface area (Å²) in [6, 6.07) is 7.21. The number of rotatable bonds is 6. The van der Waals surface area contributed by atoms with Crippen molar-refractivity contribution < 1.29 is 14.6 Å². The highest BCUT2D eigenvalue weighted by molar-refractivity contribution is 5.74. The molecule has 2 N–H and O–H groups in total. The number of nitrogens with zero attached hydrogens (tertiary/aromatic N) is 1. The molecule has 5 nitrogen and oxygen atoms in total. The van der Waals surface area contributed by atoms with Crippen LogP contribution in [0, 0.1) is 0 Å². The molecule has 0 heterocycles. The van der Waals surface area contributed by atoms with Crippen molar-refractivity contribution in [1.29, 1.82) is 0 Å². The minimum Gasteiger partial charge on any atom is -0.497 e. The summed E-state index contributed by atoms with van der Waals surface area (Å²) in [6.45, 7) is 3.77. The van der Waals surface area contributed by atoms with Crippen LogP contribution in [0.3, 0.4) is 0 Å². The molecule has 2 unspecified atom stereocenters. The van der Waals surface area contributed by atoms with Gasteiger partial charge in [-0.25, -0.2) is 4.79 Å². The number of methoxy groups -OCH3 is 1. The van der Waals surface area contributed by atoms with Gasteiger partial charge in [-0.3, -0.25) is 0 Å². The van der Waals surface area contributed by atoms with Crippen LogP contribution in [-0.2, 0) is 0 Å². The molecule has 2 atom stereocenters. The quantitative estimate of drug-likeness (QED) is 0.839. The third kappa shape index (κ3) is 4.13. The van der Waals surface area contributed by atoms with Crippen molar-refractivity contribution in [2.45, 2.75) is 32.4 Å². The van der Waals surface area contributed by atoms with Gasteiger partial charge >= 0.3 is 6.03 Å². The standard InChI is InChI=1S/C15H24N2O3/c1-5-14(12-6-8-13(20-4)9-7-12)16-15(19)17(3)11(2)10-18/h6-9,11,14,18H,5,10H2,1-4H3,(H,16,19). The molecule has 0 aliphatic rings. The fraction of sp³-hybridized carbons (Fsp3) is 0.533. The Kier molecular flexibility index (Phi) is 6.31. The number of likely N-dealkylation sites (N-methyl/N-ethyl adjacent to an activating group) is 1. The van der Waals surface area contributed by atoms with E-state index in [1.165, 1.54) is 4.90 Å². The summed E-state index contributed by atoms with van der Waals surface area (Å²) in [7, 11) is 3.30. The van der Waals surface area contributed by atoms with Crippen LogP contribution < -0.4 is 10.1 Å². The third-order valence-electron chi connectivity index (χ3n) is 3.47. The van der Waals surface area contributed by atoms with Gasteiger partial charge in [0.1, 0.15) is 5.75 Å². The van der Waals surface area contributed by atoms with Crippen molar-refractivity contribution in [1.82, 2.24) is 10.2 Å². The number of nitrogens with one attached hydrogen (secondary N) is 1. The van der Waals surface area contributed by atoms with Gasteiger partial charge in [-0.05, 0) is 31.0 Å². The number of hydrogen-bond donors (Lipinski definition) is 2. The molecule has 20 heavy (non-hydrogen) atoms. The molecule has 0 aromatic heterocycles. The molecule has 0 saturated heterocycles. The smallest absolute Gasteiger partial charge is 0.317 e. The van der Waals surface area contributed by atoms with E-state index in [1.54, 1.807) is 21.1 Å². The van der Waals surface area contributed by atoms with Crippen molar-refractivity contribution >= 4 is 6.03 Å². The van der Waals surface area contributed by atoms with E-state index in [2.05, 4.69) is 5.32 Å². The highest BCUT2D eigenvalue weighted by Crippen LogP contribution is 2.20. The predicted octanol–water partition coefficient (Wildman–Crippen LogP) is 2.17. The van der Waals surface area contributed by atoms with Crippen LogP contribution in [0.15, 0.2) is 24.3 Å². The Morgan fingerprint density at radius 1 is 1.40 bits per heavy atom. The van der Waals surface area contributed by atoms with E-state index < -0.39 is 0 Å². The summed E-state index contributed by atoms with van der Waals surface area (Å²) in [5.74, 6) is 0.793. The topological polar surface area (TPSA) is 61.8 Å². The van der Waals surface area contributed by atoms with E-state index in [-0.39, 0.29) is 24.7 Å². The number of hydrogen-bond acceptors (Lipinski definition) is 3. The second kappa shape index (κ2) is 7.75. The third-order valence-corrected chi connectivity index (χ3v) is 3.47. The van der Waals surface area contributed by atoms with E-state index in [0.717, 1.165) is 17.7 Å². The first-order valence-electron chi connectivity index (χ1n) is 6.81. The van der Waals surface area contributed by atoms with Crippen LogP contribution in [0.1, 0.15) is 31.9 Å². The average Bonchev–Trinajstić information content (AvgIpc) is 2.50. The maximum absolute atomic E-state index is 12.1. The zero-order valence-corrected chi connectivity index (χ0v) is 12.6. The fourth-order valence-electron chi connectivity index (χ4n) is 1.83. The molecule has 2 amide bonds. The van der Waals surface area contributed by atoms with E-state index in [9.17, 15) is 4.79 Å². The zero-order chi connectivity index (χ0) is 15.1. The molecule has 0 radical (unpaired) electrons. The number of aliphatic hydroxyl groups is 1. The van der Waals surface area contributed by atoms with Crippen LogP contribution >= 0.6 is 0 Å². The average molecular weight is 280 g/mol. The summed E-state index contributed by atoms with van der Waals surface area (Å²) < 4.78 is 5.12. The Morgan fingerprint density at radius 2 is 2.00 bits per heavy atom. The first-order valence-corrected chi connectivity index (χ1v) is 6.81. The fourth-order valence-corrected chi connectivity index (χ4v) is 1.83. The lowest BCUT2D eigenvalue weighted by Crippen LogP contribution is -2.45. The second-order valence-electron chi connectivity index (χ2n) is 4.83. The molecule has 0 spiro atoms. The molecule has 0 saturated carbocycles. The largest absolute Gasteiger partial charge is 0.497 e. The lowest BCUT2D eigenvalue weighted by molar-refractivity contribution is 0.154. The number of ether oxygens (including phenoxy) is 1. The minimum atomic E-state index is -0.205. The normalized spacial score (nSPS) is 13.4. The lowest BCUT2D eigenvalue weighted by Gasteiger charge is -2.26. The highest BCUT2D eigenvalue weighted by Gasteiger charge is 2.18. The summed E-state index contributed by atoms with van der Waals surface area (Å²) in [6.07, 6.45) is 0.791. The maximum atomic E-state index is 12.1. The van der Waals surface area contributed by atoms with Gasteiger partial charge in [0.05, 0.1) is 25.8 Å². The first-order chi connectivity index (χ1) is 9.53. The zero-order valence-electron chi connectivity index (χ0n) is 12.6. The van der Waals surface area contributed by atoms with Gasteiger partial charge in [-0.1, -0.05) is 19.1 Å². The molecular formula is C15H24N2O3. The SMILES string of the molecule is CCC(NC(=O)N(C)C(C)CO)c1ccc(OC)cc1. The molecule has 0 fully saturated rings. The summed E-state index contributed by atoms with van der Waals surface area (Å²) >= 11 is 0. The van der Waals surface area contributed by atoms with Gasteiger partial charge in [-0.2, -0.15) is 0 Å². The van der Waals surface area contributed by atoms with E-state index >= 15 is 0 Å². The van der Waals surface area contributed by atoms with Gasteiger partial charge in [0.2, 0.25) is 0 Å². The predicted molar refractivity (Wildman–Crippen MR) is 78.9 cm³/mol. The number of aliphatic hydroxyl groups excluding tert-OH is 1. The molecule has 1 aromatic carbocycles. The van der Waals surface area contributed by atoms with E-state index in [0.29, 0.717) is 0 Å².